The molecule has 1 saturated heterocycles. The maximum atomic E-state index is 11.1. The molecule has 168 valence electrons. The molecule has 28 heavy (non-hydrogen) atoms. The van der Waals surface area contributed by atoms with Gasteiger partial charge in [0.25, 0.3) is 0 Å². The maximum absolute atomic E-state index is 11.1. The normalized spacial score (nSPS) is 30.6. The van der Waals surface area contributed by atoms with E-state index in [0.29, 0.717) is 6.42 Å². The van der Waals surface area contributed by atoms with Crippen LogP contribution in [0.3, 0.4) is 0 Å². The highest BCUT2D eigenvalue weighted by atomic mass is 16.7. The minimum absolute atomic E-state index is 0.145. The molecule has 5 heteroatoms. The summed E-state index contributed by atoms with van der Waals surface area (Å²) in [6, 6.07) is 0. The smallest absolute Gasteiger partial charge is 0.197 e. The van der Waals surface area contributed by atoms with Crippen molar-refractivity contribution in [2.24, 2.45) is 0 Å². The van der Waals surface area contributed by atoms with E-state index in [0.717, 1.165) is 32.1 Å². The van der Waals surface area contributed by atoms with E-state index in [1.54, 1.807) is 0 Å². The lowest BCUT2D eigenvalue weighted by Crippen LogP contribution is -2.70. The van der Waals surface area contributed by atoms with Gasteiger partial charge in [0.15, 0.2) is 5.79 Å². The van der Waals surface area contributed by atoms with E-state index in [4.69, 9.17) is 4.74 Å². The second-order valence-electron chi connectivity index (χ2n) is 8.77. The first kappa shape index (κ1) is 25.8. The third kappa shape index (κ3) is 7.91. The van der Waals surface area contributed by atoms with E-state index in [-0.39, 0.29) is 19.4 Å². The van der Waals surface area contributed by atoms with Crippen LogP contribution in [0.4, 0.5) is 0 Å². The minimum Gasteiger partial charge on any atom is -0.388 e. The van der Waals surface area contributed by atoms with E-state index >= 15 is 0 Å². The fourth-order valence-corrected chi connectivity index (χ4v) is 4.29. The quantitative estimate of drug-likeness (QED) is 0.287. The summed E-state index contributed by atoms with van der Waals surface area (Å²) >= 11 is 0. The molecule has 0 aliphatic carbocycles. The lowest BCUT2D eigenvalue weighted by atomic mass is 9.76. The van der Waals surface area contributed by atoms with Gasteiger partial charge in [-0.25, -0.2) is 0 Å². The summed E-state index contributed by atoms with van der Waals surface area (Å²) in [6.45, 7) is 4.24. The Balaban J connectivity index is 2.46. The topological polar surface area (TPSA) is 90.2 Å². The van der Waals surface area contributed by atoms with E-state index in [9.17, 15) is 20.4 Å². The van der Waals surface area contributed by atoms with E-state index in [1.807, 2.05) is 0 Å². The molecule has 0 radical (unpaired) electrons. The first-order valence-corrected chi connectivity index (χ1v) is 11.9. The zero-order valence-electron chi connectivity index (χ0n) is 18.4. The van der Waals surface area contributed by atoms with Gasteiger partial charge in [-0.1, -0.05) is 97.3 Å². The zero-order chi connectivity index (χ0) is 20.9. The molecule has 5 nitrogen and oxygen atoms in total. The monoisotopic (exact) mass is 402 g/mol. The van der Waals surface area contributed by atoms with Crippen LogP contribution in [0.2, 0.25) is 0 Å². The van der Waals surface area contributed by atoms with Crippen molar-refractivity contribution >= 4 is 0 Å². The van der Waals surface area contributed by atoms with E-state index in [2.05, 4.69) is 13.8 Å². The maximum Gasteiger partial charge on any atom is 0.197 e. The number of aliphatic hydroxyl groups excluding tert-OH is 2. The predicted octanol–water partition coefficient (Wildman–Crippen LogP) is 4.44. The highest BCUT2D eigenvalue weighted by molar-refractivity contribution is 5.04. The molecule has 1 unspecified atom stereocenters. The molecule has 1 aliphatic heterocycles. The van der Waals surface area contributed by atoms with Crippen molar-refractivity contribution in [3.05, 3.63) is 0 Å². The second-order valence-corrected chi connectivity index (χ2v) is 8.77. The van der Waals surface area contributed by atoms with Crippen molar-refractivity contribution in [1.82, 2.24) is 0 Å². The van der Waals surface area contributed by atoms with Crippen molar-refractivity contribution in [3.63, 3.8) is 0 Å². The molecule has 4 atom stereocenters. The molecule has 1 rings (SSSR count). The fraction of sp³-hybridized carbons (Fsp3) is 1.00. The van der Waals surface area contributed by atoms with Gasteiger partial charge in [-0.15, -0.1) is 0 Å². The molecule has 0 amide bonds. The first-order valence-electron chi connectivity index (χ1n) is 11.9. The Labute approximate surface area is 172 Å². The molecular formula is C23H46O5. The highest BCUT2D eigenvalue weighted by Crippen LogP contribution is 2.41. The fourth-order valence-electron chi connectivity index (χ4n) is 4.29. The molecule has 1 aliphatic rings. The van der Waals surface area contributed by atoms with Gasteiger partial charge in [0.1, 0.15) is 17.8 Å². The number of unbranched alkanes of at least 4 members (excludes halogenated alkanes) is 12. The van der Waals surface area contributed by atoms with Crippen LogP contribution in [-0.4, -0.2) is 50.6 Å². The van der Waals surface area contributed by atoms with Crippen LogP contribution in [0.15, 0.2) is 0 Å². The Morgan fingerprint density at radius 2 is 1.11 bits per heavy atom. The third-order valence-electron chi connectivity index (χ3n) is 6.30. The summed E-state index contributed by atoms with van der Waals surface area (Å²) in [5.74, 6) is -1.78. The Morgan fingerprint density at radius 3 is 1.61 bits per heavy atom. The summed E-state index contributed by atoms with van der Waals surface area (Å²) in [6.07, 6.45) is 13.4. The number of aliphatic hydroxyl groups is 4. The summed E-state index contributed by atoms with van der Waals surface area (Å²) in [5.41, 5.74) is -1.81. The van der Waals surface area contributed by atoms with Gasteiger partial charge in [0, 0.05) is 6.42 Å². The van der Waals surface area contributed by atoms with Gasteiger partial charge >= 0.3 is 0 Å². The van der Waals surface area contributed by atoms with Gasteiger partial charge < -0.3 is 25.2 Å². The van der Waals surface area contributed by atoms with Gasteiger partial charge in [-0.3, -0.25) is 0 Å². The summed E-state index contributed by atoms with van der Waals surface area (Å²) < 4.78 is 5.51. The number of rotatable bonds is 16. The molecule has 0 spiro atoms. The van der Waals surface area contributed by atoms with Crippen molar-refractivity contribution in [1.29, 1.82) is 0 Å². The minimum atomic E-state index is -1.81. The second kappa shape index (κ2) is 13.9. The lowest BCUT2D eigenvalue weighted by molar-refractivity contribution is -0.370. The molecule has 0 saturated carbocycles. The predicted molar refractivity (Wildman–Crippen MR) is 113 cm³/mol. The van der Waals surface area contributed by atoms with Crippen LogP contribution in [-0.2, 0) is 4.74 Å². The van der Waals surface area contributed by atoms with E-state index < -0.39 is 23.6 Å². The van der Waals surface area contributed by atoms with Crippen molar-refractivity contribution in [2.75, 3.05) is 6.61 Å². The lowest BCUT2D eigenvalue weighted by Gasteiger charge is -2.51. The van der Waals surface area contributed by atoms with Crippen LogP contribution < -0.4 is 0 Å². The molecule has 0 aromatic heterocycles. The summed E-state index contributed by atoms with van der Waals surface area (Å²) in [5, 5.41) is 42.6. The molecule has 1 fully saturated rings. The largest absolute Gasteiger partial charge is 0.388 e. The van der Waals surface area contributed by atoms with Crippen LogP contribution in [0.1, 0.15) is 117 Å². The van der Waals surface area contributed by atoms with Crippen molar-refractivity contribution < 1.29 is 25.2 Å². The third-order valence-corrected chi connectivity index (χ3v) is 6.30. The van der Waals surface area contributed by atoms with Crippen LogP contribution in [0.25, 0.3) is 0 Å². The Bertz CT molecular complexity index is 391. The number of hydrogen-bond donors (Lipinski definition) is 4. The first-order chi connectivity index (χ1) is 13.4. The number of hydrogen-bond acceptors (Lipinski definition) is 5. The SMILES string of the molecule is CCCCCCCCCCC1(O)OC[C@@H](O)[C@H](O)[C@]1(O)CCCCCCCC. The summed E-state index contributed by atoms with van der Waals surface area (Å²) in [4.78, 5) is 0. The zero-order valence-corrected chi connectivity index (χ0v) is 18.4. The van der Waals surface area contributed by atoms with Crippen molar-refractivity contribution in [2.45, 2.75) is 140 Å². The Hall–Kier alpha value is -0.200. The van der Waals surface area contributed by atoms with Crippen molar-refractivity contribution in [3.8, 4) is 0 Å². The van der Waals surface area contributed by atoms with Gasteiger partial charge in [0.05, 0.1) is 6.61 Å². The Morgan fingerprint density at radius 1 is 0.679 bits per heavy atom. The molecule has 0 aromatic carbocycles. The Kier molecular flexibility index (Phi) is 12.8. The van der Waals surface area contributed by atoms with Gasteiger partial charge in [0.2, 0.25) is 0 Å². The highest BCUT2D eigenvalue weighted by Gasteiger charge is 2.59. The average Bonchev–Trinajstić information content (AvgIpc) is 2.69. The molecule has 0 aromatic rings. The summed E-state index contributed by atoms with van der Waals surface area (Å²) in [7, 11) is 0. The van der Waals surface area contributed by atoms with Gasteiger partial charge in [-0.2, -0.15) is 0 Å². The standard InChI is InChI=1S/C23H46O5/c1-3-5-7-9-11-12-14-16-18-23(27)22(26,21(25)20(24)19-28-23)17-15-13-10-8-6-4-2/h20-21,24-27H,3-19H2,1-2H3/t20-,21+,22-,23?/m1/s1. The molecule has 0 bridgehead atoms. The van der Waals surface area contributed by atoms with Crippen LogP contribution in [0.5, 0.6) is 0 Å². The molecule has 4 N–H and O–H groups in total. The van der Waals surface area contributed by atoms with E-state index in [1.165, 1.54) is 51.4 Å². The van der Waals surface area contributed by atoms with Gasteiger partial charge in [-0.05, 0) is 12.8 Å². The molecule has 1 heterocycles. The number of ether oxygens (including phenoxy) is 1. The molecular weight excluding hydrogens is 356 g/mol. The average molecular weight is 403 g/mol. The van der Waals surface area contributed by atoms with Crippen LogP contribution in [0, 0.1) is 0 Å². The van der Waals surface area contributed by atoms with Crippen LogP contribution >= 0.6 is 0 Å².